The molecule has 1 amide bonds. The van der Waals surface area contributed by atoms with Crippen LogP contribution in [0.1, 0.15) is 46.5 Å². The monoisotopic (exact) mass is 358 g/mol. The summed E-state index contributed by atoms with van der Waals surface area (Å²) in [6.07, 6.45) is 4.17. The lowest BCUT2D eigenvalue weighted by molar-refractivity contribution is -0.0457. The third-order valence-electron chi connectivity index (χ3n) is 5.71. The minimum absolute atomic E-state index is 0.200. The van der Waals surface area contributed by atoms with Gasteiger partial charge in [-0.05, 0) is 51.9 Å². The molecule has 3 fully saturated rings. The van der Waals surface area contributed by atoms with Crippen LogP contribution in [0.2, 0.25) is 0 Å². The van der Waals surface area contributed by atoms with Gasteiger partial charge in [0, 0.05) is 32.2 Å². The number of rotatable bonds is 1. The molecule has 0 aromatic heterocycles. The Morgan fingerprint density at radius 3 is 2.08 bits per heavy atom. The molecule has 2 saturated heterocycles. The smallest absolute Gasteiger partial charge is 0.410 e. The molecule has 138 valence electrons. The van der Waals surface area contributed by atoms with E-state index < -0.39 is 15.4 Å². The van der Waals surface area contributed by atoms with E-state index in [1.54, 1.807) is 0 Å². The van der Waals surface area contributed by atoms with Crippen LogP contribution in [0.5, 0.6) is 0 Å². The van der Waals surface area contributed by atoms with Crippen LogP contribution in [-0.4, -0.2) is 73.6 Å². The highest BCUT2D eigenvalue weighted by atomic mass is 32.2. The maximum Gasteiger partial charge on any atom is 0.410 e. The Kier molecular flexibility index (Phi) is 4.62. The Balaban J connectivity index is 1.44. The van der Waals surface area contributed by atoms with E-state index in [0.717, 1.165) is 38.8 Å². The Labute approximate surface area is 145 Å². The summed E-state index contributed by atoms with van der Waals surface area (Å²) in [6, 6.07) is 0.536. The van der Waals surface area contributed by atoms with Gasteiger partial charge in [-0.25, -0.2) is 13.2 Å². The van der Waals surface area contributed by atoms with Crippen molar-refractivity contribution in [1.82, 2.24) is 9.80 Å². The van der Waals surface area contributed by atoms with Crippen LogP contribution in [0.25, 0.3) is 0 Å². The second-order valence-corrected chi connectivity index (χ2v) is 11.0. The van der Waals surface area contributed by atoms with Crippen molar-refractivity contribution < 1.29 is 17.9 Å². The summed E-state index contributed by atoms with van der Waals surface area (Å²) in [5, 5.41) is 0. The van der Waals surface area contributed by atoms with Gasteiger partial charge in [-0.2, -0.15) is 0 Å². The Bertz CT molecular complexity index is 566. The van der Waals surface area contributed by atoms with Crippen LogP contribution < -0.4 is 0 Å². The van der Waals surface area contributed by atoms with Gasteiger partial charge in [0.1, 0.15) is 5.60 Å². The van der Waals surface area contributed by atoms with Crippen molar-refractivity contribution >= 4 is 15.9 Å². The summed E-state index contributed by atoms with van der Waals surface area (Å²) in [4.78, 5) is 16.3. The Morgan fingerprint density at radius 1 is 1.04 bits per heavy atom. The number of hydrogen-bond acceptors (Lipinski definition) is 5. The van der Waals surface area contributed by atoms with Gasteiger partial charge in [-0.3, -0.25) is 4.90 Å². The predicted molar refractivity (Wildman–Crippen MR) is 92.7 cm³/mol. The van der Waals surface area contributed by atoms with E-state index >= 15 is 0 Å². The first-order valence-corrected chi connectivity index (χ1v) is 10.8. The van der Waals surface area contributed by atoms with Crippen molar-refractivity contribution in [3.63, 3.8) is 0 Å². The van der Waals surface area contributed by atoms with Gasteiger partial charge >= 0.3 is 6.09 Å². The minimum Gasteiger partial charge on any atom is -0.444 e. The fourth-order valence-electron chi connectivity index (χ4n) is 4.19. The molecule has 7 heteroatoms. The van der Waals surface area contributed by atoms with E-state index in [2.05, 4.69) is 4.90 Å². The minimum atomic E-state index is -2.80. The fourth-order valence-corrected chi connectivity index (χ4v) is 5.42. The molecule has 0 N–H and O–H groups in total. The van der Waals surface area contributed by atoms with Crippen molar-refractivity contribution in [3.05, 3.63) is 0 Å². The highest BCUT2D eigenvalue weighted by Gasteiger charge is 2.49. The number of nitrogens with zero attached hydrogens (tertiary/aromatic N) is 2. The van der Waals surface area contributed by atoms with Gasteiger partial charge in [0.15, 0.2) is 9.84 Å². The van der Waals surface area contributed by atoms with Gasteiger partial charge in [-0.15, -0.1) is 0 Å². The van der Waals surface area contributed by atoms with E-state index in [1.807, 2.05) is 25.7 Å². The maximum absolute atomic E-state index is 12.1. The van der Waals surface area contributed by atoms with Crippen molar-refractivity contribution in [2.45, 2.75) is 58.1 Å². The van der Waals surface area contributed by atoms with Gasteiger partial charge in [0.2, 0.25) is 0 Å². The number of amides is 1. The molecule has 24 heavy (non-hydrogen) atoms. The average molecular weight is 359 g/mol. The van der Waals surface area contributed by atoms with Crippen LogP contribution >= 0.6 is 0 Å². The summed E-state index contributed by atoms with van der Waals surface area (Å²) in [5.74, 6) is 0.617. The van der Waals surface area contributed by atoms with Crippen molar-refractivity contribution in [2.75, 3.05) is 37.7 Å². The highest BCUT2D eigenvalue weighted by Crippen LogP contribution is 2.51. The number of carbonyl (C=O) groups excluding carboxylic acids is 1. The van der Waals surface area contributed by atoms with Gasteiger partial charge < -0.3 is 9.64 Å². The van der Waals surface area contributed by atoms with E-state index in [4.69, 9.17) is 4.74 Å². The molecule has 3 aliphatic rings. The topological polar surface area (TPSA) is 66.9 Å². The van der Waals surface area contributed by atoms with E-state index in [9.17, 15) is 13.2 Å². The lowest BCUT2D eigenvalue weighted by atomic mass is 9.60. The quantitative estimate of drug-likeness (QED) is 0.716. The largest absolute Gasteiger partial charge is 0.444 e. The summed E-state index contributed by atoms with van der Waals surface area (Å²) < 4.78 is 28.5. The molecule has 0 unspecified atom stereocenters. The average Bonchev–Trinajstić information content (AvgIpc) is 2.43. The predicted octanol–water partition coefficient (Wildman–Crippen LogP) is 1.90. The molecular weight excluding hydrogens is 328 g/mol. The summed E-state index contributed by atoms with van der Waals surface area (Å²) in [7, 11) is -2.80. The summed E-state index contributed by atoms with van der Waals surface area (Å²) in [5.41, 5.74) is -0.0815. The molecule has 0 atom stereocenters. The van der Waals surface area contributed by atoms with Crippen molar-refractivity contribution in [1.29, 1.82) is 0 Å². The van der Waals surface area contributed by atoms with Crippen LogP contribution in [0, 0.1) is 5.41 Å². The molecule has 6 nitrogen and oxygen atoms in total. The standard InChI is InChI=1S/C17H30N2O4S/c1-16(2,3)23-15(20)19-6-4-17(5-7-19)12-14(13-17)18-8-10-24(21,22)11-9-18/h14H,4-13H2,1-3H3. The van der Waals surface area contributed by atoms with Crippen LogP contribution in [0.15, 0.2) is 0 Å². The molecule has 0 aromatic rings. The normalized spacial score (nSPS) is 27.7. The Hall–Kier alpha value is -0.820. The molecule has 2 heterocycles. The first-order chi connectivity index (χ1) is 11.1. The van der Waals surface area contributed by atoms with Crippen LogP contribution in [0.3, 0.4) is 0 Å². The molecule has 0 aromatic carbocycles. The van der Waals surface area contributed by atoms with Crippen molar-refractivity contribution in [3.8, 4) is 0 Å². The van der Waals surface area contributed by atoms with E-state index in [1.165, 1.54) is 0 Å². The zero-order valence-corrected chi connectivity index (χ0v) is 15.9. The molecule has 1 aliphatic carbocycles. The zero-order valence-electron chi connectivity index (χ0n) is 15.1. The molecule has 0 radical (unpaired) electrons. The third kappa shape index (κ3) is 4.04. The van der Waals surface area contributed by atoms with Gasteiger partial charge in [0.05, 0.1) is 11.5 Å². The number of sulfone groups is 1. The zero-order chi connectivity index (χ0) is 17.6. The second kappa shape index (κ2) is 6.16. The van der Waals surface area contributed by atoms with Crippen LogP contribution in [-0.2, 0) is 14.6 Å². The lowest BCUT2D eigenvalue weighted by Crippen LogP contribution is -2.58. The lowest BCUT2D eigenvalue weighted by Gasteiger charge is -2.55. The van der Waals surface area contributed by atoms with E-state index in [-0.39, 0.29) is 6.09 Å². The number of carbonyl (C=O) groups is 1. The number of piperidine rings is 1. The number of likely N-dealkylation sites (tertiary alicyclic amines) is 1. The molecule has 1 spiro atoms. The summed E-state index contributed by atoms with van der Waals surface area (Å²) in [6.45, 7) is 8.61. The first-order valence-electron chi connectivity index (χ1n) is 9.00. The molecule has 2 aliphatic heterocycles. The van der Waals surface area contributed by atoms with Gasteiger partial charge in [0.25, 0.3) is 0 Å². The fraction of sp³-hybridized carbons (Fsp3) is 0.941. The third-order valence-corrected chi connectivity index (χ3v) is 7.32. The molecule has 0 bridgehead atoms. The van der Waals surface area contributed by atoms with Gasteiger partial charge in [-0.1, -0.05) is 0 Å². The molecular formula is C17H30N2O4S. The maximum atomic E-state index is 12.1. The molecule has 1 saturated carbocycles. The van der Waals surface area contributed by atoms with Crippen LogP contribution in [0.4, 0.5) is 4.79 Å². The molecule has 3 rings (SSSR count). The number of hydrogen-bond donors (Lipinski definition) is 0. The second-order valence-electron chi connectivity index (χ2n) is 8.72. The SMILES string of the molecule is CC(C)(C)OC(=O)N1CCC2(CC1)CC(N1CCS(=O)(=O)CC1)C2. The summed E-state index contributed by atoms with van der Waals surface area (Å²) >= 11 is 0. The Morgan fingerprint density at radius 2 is 1.58 bits per heavy atom. The van der Waals surface area contributed by atoms with Crippen molar-refractivity contribution in [2.24, 2.45) is 5.41 Å². The van der Waals surface area contributed by atoms with E-state index in [0.29, 0.717) is 36.1 Å². The highest BCUT2D eigenvalue weighted by molar-refractivity contribution is 7.91. The first kappa shape index (κ1) is 18.0. The number of ether oxygens (including phenoxy) is 1.